The minimum Gasteiger partial charge on any atom is -0.478 e. The normalized spacial score (nSPS) is 10.9. The fraction of sp³-hybridized carbons (Fsp3) is 0.0588. The van der Waals surface area contributed by atoms with E-state index >= 15 is 0 Å². The maximum atomic E-state index is 11.8. The Morgan fingerprint density at radius 2 is 1.68 bits per heavy atom. The summed E-state index contributed by atoms with van der Waals surface area (Å²) in [6, 6.07) is 12.6. The summed E-state index contributed by atoms with van der Waals surface area (Å²) in [5, 5.41) is 10.7. The van der Waals surface area contributed by atoms with Crippen LogP contribution in [0.1, 0.15) is 15.9 Å². The molecule has 1 heterocycles. The van der Waals surface area contributed by atoms with E-state index in [2.05, 4.69) is 4.98 Å². The minimum absolute atomic E-state index is 0.136. The van der Waals surface area contributed by atoms with Gasteiger partial charge in [-0.1, -0.05) is 53.5 Å². The predicted molar refractivity (Wildman–Crippen MR) is 88.9 cm³/mol. The van der Waals surface area contributed by atoms with E-state index in [4.69, 9.17) is 23.2 Å². The molecule has 0 spiro atoms. The van der Waals surface area contributed by atoms with Crippen LogP contribution >= 0.6 is 23.2 Å². The molecule has 2 aromatic carbocycles. The van der Waals surface area contributed by atoms with Crippen LogP contribution in [-0.2, 0) is 0 Å². The fourth-order valence-electron chi connectivity index (χ4n) is 2.53. The number of nitrogens with zero attached hydrogens (tertiary/aromatic N) is 1. The van der Waals surface area contributed by atoms with Gasteiger partial charge >= 0.3 is 5.97 Å². The number of carboxylic acids is 1. The van der Waals surface area contributed by atoms with Crippen molar-refractivity contribution < 1.29 is 9.90 Å². The SMILES string of the molecule is Cc1c(-c2ccccc2)nc2c(Cl)ccc(Cl)c2c1C(=O)O. The van der Waals surface area contributed by atoms with Gasteiger partial charge in [0.15, 0.2) is 0 Å². The van der Waals surface area contributed by atoms with Crippen LogP contribution in [0.2, 0.25) is 10.0 Å². The molecular weight excluding hydrogens is 321 g/mol. The lowest BCUT2D eigenvalue weighted by molar-refractivity contribution is 0.0698. The molecule has 22 heavy (non-hydrogen) atoms. The molecule has 110 valence electrons. The van der Waals surface area contributed by atoms with Gasteiger partial charge in [-0.15, -0.1) is 0 Å². The van der Waals surface area contributed by atoms with Gasteiger partial charge in [-0.2, -0.15) is 0 Å². The first-order valence-corrected chi connectivity index (χ1v) is 7.33. The highest BCUT2D eigenvalue weighted by Crippen LogP contribution is 2.36. The van der Waals surface area contributed by atoms with Crippen molar-refractivity contribution in [2.75, 3.05) is 0 Å². The highest BCUT2D eigenvalue weighted by molar-refractivity contribution is 6.41. The molecule has 1 aromatic heterocycles. The highest BCUT2D eigenvalue weighted by atomic mass is 35.5. The number of aromatic nitrogens is 1. The summed E-state index contributed by atoms with van der Waals surface area (Å²) in [6.07, 6.45) is 0. The molecule has 3 nitrogen and oxygen atoms in total. The topological polar surface area (TPSA) is 50.2 Å². The van der Waals surface area contributed by atoms with E-state index in [1.807, 2.05) is 30.3 Å². The Balaban J connectivity index is 2.50. The molecule has 0 aliphatic carbocycles. The molecule has 0 bridgehead atoms. The molecule has 0 aliphatic heterocycles. The number of carbonyl (C=O) groups is 1. The highest BCUT2D eigenvalue weighted by Gasteiger charge is 2.21. The molecule has 0 saturated carbocycles. The summed E-state index contributed by atoms with van der Waals surface area (Å²) in [5.74, 6) is -1.05. The third kappa shape index (κ3) is 2.32. The summed E-state index contributed by atoms with van der Waals surface area (Å²) in [4.78, 5) is 16.3. The number of benzene rings is 2. The monoisotopic (exact) mass is 331 g/mol. The van der Waals surface area contributed by atoms with Crippen molar-refractivity contribution in [1.82, 2.24) is 4.98 Å². The van der Waals surface area contributed by atoms with Crippen LogP contribution in [0.25, 0.3) is 22.2 Å². The number of halogens is 2. The van der Waals surface area contributed by atoms with E-state index in [1.54, 1.807) is 19.1 Å². The first kappa shape index (κ1) is 14.8. The summed E-state index contributed by atoms with van der Waals surface area (Å²) < 4.78 is 0. The minimum atomic E-state index is -1.05. The molecule has 1 N–H and O–H groups in total. The number of hydrogen-bond acceptors (Lipinski definition) is 2. The number of pyridine rings is 1. The quantitative estimate of drug-likeness (QED) is 0.700. The lowest BCUT2D eigenvalue weighted by Gasteiger charge is -2.13. The number of hydrogen-bond donors (Lipinski definition) is 1. The molecule has 0 atom stereocenters. The van der Waals surface area contributed by atoms with Crippen LogP contribution in [0.3, 0.4) is 0 Å². The van der Waals surface area contributed by atoms with Gasteiger partial charge in [-0.25, -0.2) is 9.78 Å². The Bertz CT molecular complexity index is 892. The molecule has 0 amide bonds. The van der Waals surface area contributed by atoms with Gasteiger partial charge in [0.05, 0.1) is 26.8 Å². The van der Waals surface area contributed by atoms with Gasteiger partial charge in [-0.3, -0.25) is 0 Å². The first-order chi connectivity index (χ1) is 10.5. The third-order valence-corrected chi connectivity index (χ3v) is 4.16. The van der Waals surface area contributed by atoms with Gasteiger partial charge in [-0.05, 0) is 24.6 Å². The van der Waals surface area contributed by atoms with Crippen LogP contribution in [0.5, 0.6) is 0 Å². The summed E-state index contributed by atoms with van der Waals surface area (Å²) in [6.45, 7) is 1.73. The van der Waals surface area contributed by atoms with Gasteiger partial charge in [0, 0.05) is 10.9 Å². The zero-order chi connectivity index (χ0) is 15.9. The molecular formula is C17H11Cl2NO2. The van der Waals surface area contributed by atoms with Crippen molar-refractivity contribution in [3.8, 4) is 11.3 Å². The lowest BCUT2D eigenvalue weighted by Crippen LogP contribution is -2.05. The number of carboxylic acid groups (broad SMARTS) is 1. The molecule has 5 heteroatoms. The Labute approximate surface area is 137 Å². The molecule has 0 unspecified atom stereocenters. The summed E-state index contributed by atoms with van der Waals surface area (Å²) in [7, 11) is 0. The maximum absolute atomic E-state index is 11.8. The molecule has 0 saturated heterocycles. The smallest absolute Gasteiger partial charge is 0.336 e. The lowest BCUT2D eigenvalue weighted by atomic mass is 9.98. The number of fused-ring (bicyclic) bond motifs is 1. The van der Waals surface area contributed by atoms with Crippen molar-refractivity contribution in [3.05, 3.63) is 63.6 Å². The van der Waals surface area contributed by atoms with Crippen molar-refractivity contribution in [2.45, 2.75) is 6.92 Å². The summed E-state index contributed by atoms with van der Waals surface area (Å²) >= 11 is 12.4. The van der Waals surface area contributed by atoms with E-state index in [9.17, 15) is 9.90 Å². The largest absolute Gasteiger partial charge is 0.478 e. The van der Waals surface area contributed by atoms with Crippen LogP contribution in [0.4, 0.5) is 0 Å². The number of rotatable bonds is 2. The maximum Gasteiger partial charge on any atom is 0.336 e. The molecule has 3 aromatic rings. The van der Waals surface area contributed by atoms with Crippen molar-refractivity contribution in [3.63, 3.8) is 0 Å². The van der Waals surface area contributed by atoms with Crippen LogP contribution in [0.15, 0.2) is 42.5 Å². The second-order valence-electron chi connectivity index (χ2n) is 4.88. The second-order valence-corrected chi connectivity index (χ2v) is 5.70. The van der Waals surface area contributed by atoms with Gasteiger partial charge < -0.3 is 5.11 Å². The van der Waals surface area contributed by atoms with Gasteiger partial charge in [0.25, 0.3) is 0 Å². The molecule has 0 aliphatic rings. The van der Waals surface area contributed by atoms with Gasteiger partial charge in [0.1, 0.15) is 0 Å². The average molecular weight is 332 g/mol. The zero-order valence-electron chi connectivity index (χ0n) is 11.6. The van der Waals surface area contributed by atoms with Crippen molar-refractivity contribution in [2.24, 2.45) is 0 Å². The van der Waals surface area contributed by atoms with E-state index in [1.165, 1.54) is 0 Å². The van der Waals surface area contributed by atoms with E-state index < -0.39 is 5.97 Å². The Hall–Kier alpha value is -2.10. The van der Waals surface area contributed by atoms with Crippen LogP contribution < -0.4 is 0 Å². The Kier molecular flexibility index (Phi) is 3.77. The molecule has 3 rings (SSSR count). The number of aromatic carboxylic acids is 1. The van der Waals surface area contributed by atoms with Crippen molar-refractivity contribution >= 4 is 40.1 Å². The van der Waals surface area contributed by atoms with Crippen LogP contribution in [-0.4, -0.2) is 16.1 Å². The second kappa shape index (κ2) is 5.59. The van der Waals surface area contributed by atoms with Crippen LogP contribution in [0, 0.1) is 6.92 Å². The predicted octanol–water partition coefficient (Wildman–Crippen LogP) is 5.22. The van der Waals surface area contributed by atoms with E-state index in [0.29, 0.717) is 32.2 Å². The fourth-order valence-corrected chi connectivity index (χ4v) is 2.98. The Morgan fingerprint density at radius 1 is 1.05 bits per heavy atom. The molecule has 0 radical (unpaired) electrons. The van der Waals surface area contributed by atoms with Crippen molar-refractivity contribution in [1.29, 1.82) is 0 Å². The standard InChI is InChI=1S/C17H11Cl2NO2/c1-9-13(17(21)22)14-11(18)7-8-12(19)16(14)20-15(9)10-5-3-2-4-6-10/h2-8H,1H3,(H,21,22). The third-order valence-electron chi connectivity index (χ3n) is 3.54. The molecule has 0 fully saturated rings. The first-order valence-electron chi connectivity index (χ1n) is 6.57. The summed E-state index contributed by atoms with van der Waals surface area (Å²) in [5.41, 5.74) is 2.53. The zero-order valence-corrected chi connectivity index (χ0v) is 13.1. The average Bonchev–Trinajstić information content (AvgIpc) is 2.51. The van der Waals surface area contributed by atoms with Gasteiger partial charge in [0.2, 0.25) is 0 Å². The van der Waals surface area contributed by atoms with E-state index in [-0.39, 0.29) is 5.56 Å². The van der Waals surface area contributed by atoms with E-state index in [0.717, 1.165) is 5.56 Å². The Morgan fingerprint density at radius 3 is 2.32 bits per heavy atom.